The van der Waals surface area contributed by atoms with Crippen molar-refractivity contribution in [2.45, 2.75) is 24.2 Å². The van der Waals surface area contributed by atoms with Crippen LogP contribution in [-0.4, -0.2) is 15.5 Å². The molecule has 0 amide bonds. The summed E-state index contributed by atoms with van der Waals surface area (Å²) in [4.78, 5) is 0.889. The highest BCUT2D eigenvalue weighted by Gasteiger charge is 2.18. The van der Waals surface area contributed by atoms with Gasteiger partial charge in [-0.2, -0.15) is 0 Å². The van der Waals surface area contributed by atoms with Crippen LogP contribution in [0.5, 0.6) is 5.75 Å². The molecule has 0 aliphatic rings. The standard InChI is InChI=1S/C14H18N2O3S2/c1-10-7-14(20-13(10)8-15)21(17,18)16-9-11-3-5-12(19-2)6-4-11/h3-7,16H,8-9,15H2,1-2H3. The fourth-order valence-corrected chi connectivity index (χ4v) is 4.35. The molecule has 0 saturated heterocycles. The largest absolute Gasteiger partial charge is 0.497 e. The first-order valence-corrected chi connectivity index (χ1v) is 8.68. The maximum Gasteiger partial charge on any atom is 0.250 e. The molecule has 1 aromatic carbocycles. The minimum absolute atomic E-state index is 0.237. The molecule has 114 valence electrons. The van der Waals surface area contributed by atoms with Crippen LogP contribution in [0.15, 0.2) is 34.5 Å². The van der Waals surface area contributed by atoms with E-state index in [1.165, 1.54) is 11.3 Å². The van der Waals surface area contributed by atoms with Crippen LogP contribution in [0.1, 0.15) is 16.0 Å². The zero-order valence-corrected chi connectivity index (χ0v) is 13.6. The van der Waals surface area contributed by atoms with E-state index in [0.29, 0.717) is 10.8 Å². The number of ether oxygens (including phenoxy) is 1. The molecule has 0 aliphatic heterocycles. The molecule has 0 fully saturated rings. The van der Waals surface area contributed by atoms with Crippen molar-refractivity contribution >= 4 is 21.4 Å². The van der Waals surface area contributed by atoms with Gasteiger partial charge in [-0.25, -0.2) is 13.1 Å². The Morgan fingerprint density at radius 2 is 1.95 bits per heavy atom. The Labute approximate surface area is 128 Å². The zero-order chi connectivity index (χ0) is 15.5. The molecule has 0 atom stereocenters. The summed E-state index contributed by atoms with van der Waals surface area (Å²) < 4.78 is 32.4. The molecule has 21 heavy (non-hydrogen) atoms. The number of hydrogen-bond acceptors (Lipinski definition) is 5. The molecule has 1 aromatic heterocycles. The van der Waals surface area contributed by atoms with Gasteiger partial charge in [0.15, 0.2) is 0 Å². The van der Waals surface area contributed by atoms with Gasteiger partial charge in [-0.1, -0.05) is 12.1 Å². The van der Waals surface area contributed by atoms with E-state index in [1.54, 1.807) is 25.3 Å². The van der Waals surface area contributed by atoms with Crippen LogP contribution in [0.2, 0.25) is 0 Å². The second-order valence-electron chi connectivity index (χ2n) is 4.55. The van der Waals surface area contributed by atoms with Crippen molar-refractivity contribution in [1.29, 1.82) is 0 Å². The Kier molecular flexibility index (Phi) is 5.00. The molecule has 0 bridgehead atoms. The first-order valence-electron chi connectivity index (χ1n) is 6.38. The molecule has 0 saturated carbocycles. The summed E-state index contributed by atoms with van der Waals surface area (Å²) in [5.74, 6) is 0.739. The van der Waals surface area contributed by atoms with Crippen molar-refractivity contribution in [3.05, 3.63) is 46.3 Å². The van der Waals surface area contributed by atoms with Crippen molar-refractivity contribution < 1.29 is 13.2 Å². The maximum absolute atomic E-state index is 12.2. The molecule has 0 aliphatic carbocycles. The molecule has 2 rings (SSSR count). The number of nitrogens with two attached hydrogens (primary N) is 1. The number of benzene rings is 1. The average Bonchev–Trinajstić information content (AvgIpc) is 2.88. The number of nitrogens with one attached hydrogen (secondary N) is 1. The molecule has 3 N–H and O–H groups in total. The highest BCUT2D eigenvalue weighted by Crippen LogP contribution is 2.25. The maximum atomic E-state index is 12.2. The van der Waals surface area contributed by atoms with E-state index in [-0.39, 0.29) is 6.54 Å². The van der Waals surface area contributed by atoms with E-state index in [2.05, 4.69) is 4.72 Å². The summed E-state index contributed by atoms with van der Waals surface area (Å²) in [6.45, 7) is 2.45. The lowest BCUT2D eigenvalue weighted by Crippen LogP contribution is -2.22. The Balaban J connectivity index is 2.09. The quantitative estimate of drug-likeness (QED) is 0.851. The molecule has 5 nitrogen and oxygen atoms in total. The normalized spacial score (nSPS) is 11.6. The third kappa shape index (κ3) is 3.82. The molecule has 1 heterocycles. The van der Waals surface area contributed by atoms with Crippen molar-refractivity contribution in [3.8, 4) is 5.75 Å². The van der Waals surface area contributed by atoms with Gasteiger partial charge in [0.1, 0.15) is 9.96 Å². The van der Waals surface area contributed by atoms with Gasteiger partial charge in [-0.3, -0.25) is 0 Å². The topological polar surface area (TPSA) is 81.4 Å². The fraction of sp³-hybridized carbons (Fsp3) is 0.286. The van der Waals surface area contributed by atoms with Crippen LogP contribution in [0.4, 0.5) is 0 Å². The molecular weight excluding hydrogens is 308 g/mol. The third-order valence-electron chi connectivity index (χ3n) is 3.07. The second kappa shape index (κ2) is 6.57. The van der Waals surface area contributed by atoms with Crippen LogP contribution < -0.4 is 15.2 Å². The van der Waals surface area contributed by atoms with Gasteiger partial charge >= 0.3 is 0 Å². The van der Waals surface area contributed by atoms with Crippen molar-refractivity contribution in [2.24, 2.45) is 5.73 Å². The van der Waals surface area contributed by atoms with Crippen molar-refractivity contribution in [2.75, 3.05) is 7.11 Å². The Morgan fingerprint density at radius 1 is 1.29 bits per heavy atom. The summed E-state index contributed by atoms with van der Waals surface area (Å²) in [6, 6.07) is 8.90. The third-order valence-corrected chi connectivity index (χ3v) is 6.21. The number of methoxy groups -OCH3 is 1. The monoisotopic (exact) mass is 326 g/mol. The van der Waals surface area contributed by atoms with Crippen LogP contribution in [0.25, 0.3) is 0 Å². The Bertz CT molecular complexity index is 706. The first kappa shape index (κ1) is 16.0. The van der Waals surface area contributed by atoms with Crippen LogP contribution in [0.3, 0.4) is 0 Å². The van der Waals surface area contributed by atoms with Gasteiger partial charge in [0, 0.05) is 18.0 Å². The molecule has 7 heteroatoms. The second-order valence-corrected chi connectivity index (χ2v) is 7.68. The van der Waals surface area contributed by atoms with Crippen LogP contribution in [-0.2, 0) is 23.1 Å². The van der Waals surface area contributed by atoms with Gasteiger partial charge in [-0.15, -0.1) is 11.3 Å². The van der Waals surface area contributed by atoms with E-state index in [1.807, 2.05) is 19.1 Å². The smallest absolute Gasteiger partial charge is 0.250 e. The molecular formula is C14H18N2O3S2. The predicted molar refractivity (Wildman–Crippen MR) is 84.0 cm³/mol. The SMILES string of the molecule is COc1ccc(CNS(=O)(=O)c2cc(C)c(CN)s2)cc1. The van der Waals surface area contributed by atoms with Gasteiger partial charge < -0.3 is 10.5 Å². The number of hydrogen-bond donors (Lipinski definition) is 2. The van der Waals surface area contributed by atoms with E-state index in [4.69, 9.17) is 10.5 Å². The predicted octanol–water partition coefficient (Wildman–Crippen LogP) is 2.00. The van der Waals surface area contributed by atoms with E-state index in [0.717, 1.165) is 21.8 Å². The summed E-state index contributed by atoms with van der Waals surface area (Å²) in [5.41, 5.74) is 7.36. The lowest BCUT2D eigenvalue weighted by Gasteiger charge is -2.06. The van der Waals surface area contributed by atoms with Crippen molar-refractivity contribution in [1.82, 2.24) is 4.72 Å². The van der Waals surface area contributed by atoms with Gasteiger partial charge in [0.2, 0.25) is 10.0 Å². The van der Waals surface area contributed by atoms with Gasteiger partial charge in [-0.05, 0) is 36.2 Å². The Hall–Kier alpha value is -1.41. The van der Waals surface area contributed by atoms with E-state index >= 15 is 0 Å². The van der Waals surface area contributed by atoms with E-state index < -0.39 is 10.0 Å². The lowest BCUT2D eigenvalue weighted by atomic mass is 10.2. The summed E-state index contributed by atoms with van der Waals surface area (Å²) >= 11 is 1.21. The average molecular weight is 326 g/mol. The van der Waals surface area contributed by atoms with E-state index in [9.17, 15) is 8.42 Å². The number of thiophene rings is 1. The van der Waals surface area contributed by atoms with Gasteiger partial charge in [0.05, 0.1) is 7.11 Å². The van der Waals surface area contributed by atoms with Gasteiger partial charge in [0.25, 0.3) is 0 Å². The van der Waals surface area contributed by atoms with Crippen molar-refractivity contribution in [3.63, 3.8) is 0 Å². The number of sulfonamides is 1. The zero-order valence-electron chi connectivity index (χ0n) is 11.9. The highest BCUT2D eigenvalue weighted by atomic mass is 32.2. The summed E-state index contributed by atoms with van der Waals surface area (Å²) in [5, 5.41) is 0. The molecule has 2 aromatic rings. The molecule has 0 spiro atoms. The van der Waals surface area contributed by atoms with Crippen LogP contribution >= 0.6 is 11.3 Å². The minimum atomic E-state index is -3.50. The number of rotatable bonds is 6. The van der Waals surface area contributed by atoms with Crippen LogP contribution in [0, 0.1) is 6.92 Å². The number of aryl methyl sites for hydroxylation is 1. The molecule has 0 unspecified atom stereocenters. The fourth-order valence-electron chi connectivity index (χ4n) is 1.82. The summed E-state index contributed by atoms with van der Waals surface area (Å²) in [6.07, 6.45) is 0. The summed E-state index contributed by atoms with van der Waals surface area (Å²) in [7, 11) is -1.92. The Morgan fingerprint density at radius 3 is 2.48 bits per heavy atom. The first-order chi connectivity index (χ1) is 9.96. The highest BCUT2D eigenvalue weighted by molar-refractivity contribution is 7.91. The minimum Gasteiger partial charge on any atom is -0.497 e. The molecule has 0 radical (unpaired) electrons. The lowest BCUT2D eigenvalue weighted by molar-refractivity contribution is 0.414.